The molecule has 1 N–H and O–H groups in total. The molecule has 0 amide bonds. The molecule has 8 heteroatoms. The summed E-state index contributed by atoms with van der Waals surface area (Å²) in [6.07, 6.45) is 0. The molecule has 0 aliphatic heterocycles. The Morgan fingerprint density at radius 1 is 1.59 bits per heavy atom. The lowest BCUT2D eigenvalue weighted by Crippen LogP contribution is -2.39. The molecule has 0 unspecified atom stereocenters. The van der Waals surface area contributed by atoms with Crippen LogP contribution in [0.2, 0.25) is 0 Å². The first-order chi connectivity index (χ1) is 7.95. The van der Waals surface area contributed by atoms with Crippen molar-refractivity contribution >= 4 is 37.5 Å². The average Bonchev–Trinajstić information content (AvgIpc) is 2.64. The molecule has 0 saturated carbocycles. The third kappa shape index (κ3) is 5.02. The molecule has 0 aliphatic rings. The van der Waals surface area contributed by atoms with Crippen LogP contribution in [0, 0.1) is 0 Å². The van der Waals surface area contributed by atoms with Crippen LogP contribution in [0.25, 0.3) is 0 Å². The molecule has 0 aliphatic carbocycles. The summed E-state index contributed by atoms with van der Waals surface area (Å²) in [4.78, 5) is 0.983. The molecule has 98 valence electrons. The molecule has 0 fully saturated rings. The van der Waals surface area contributed by atoms with E-state index >= 15 is 0 Å². The number of ether oxygens (including phenoxy) is 1. The molecule has 0 saturated heterocycles. The van der Waals surface area contributed by atoms with Gasteiger partial charge in [0, 0.05) is 42.0 Å². The maximum atomic E-state index is 11.8. The van der Waals surface area contributed by atoms with E-state index in [0.717, 1.165) is 9.35 Å². The summed E-state index contributed by atoms with van der Waals surface area (Å²) in [5.74, 6) is 0. The molecule has 0 bridgehead atoms. The SMILES string of the molecule is COCCNS(=O)(=O)N(C)Cc1cc(Br)cs1. The summed E-state index contributed by atoms with van der Waals surface area (Å²) in [7, 11) is -0.353. The van der Waals surface area contributed by atoms with E-state index in [1.165, 1.54) is 22.8 Å². The Hall–Kier alpha value is 0.01000. The van der Waals surface area contributed by atoms with Gasteiger partial charge < -0.3 is 4.74 Å². The second kappa shape index (κ2) is 6.81. The van der Waals surface area contributed by atoms with Crippen LogP contribution in [0.1, 0.15) is 4.88 Å². The van der Waals surface area contributed by atoms with Gasteiger partial charge in [-0.15, -0.1) is 11.3 Å². The Balaban J connectivity index is 2.53. The maximum Gasteiger partial charge on any atom is 0.279 e. The normalized spacial score (nSPS) is 12.2. The van der Waals surface area contributed by atoms with Crippen LogP contribution in [-0.4, -0.2) is 40.0 Å². The van der Waals surface area contributed by atoms with Gasteiger partial charge in [0.05, 0.1) is 6.61 Å². The first kappa shape index (κ1) is 15.1. The van der Waals surface area contributed by atoms with Crippen molar-refractivity contribution in [2.75, 3.05) is 27.3 Å². The van der Waals surface area contributed by atoms with Gasteiger partial charge >= 0.3 is 0 Å². The summed E-state index contributed by atoms with van der Waals surface area (Å²) in [6, 6.07) is 1.91. The Labute approximate surface area is 114 Å². The Kier molecular flexibility index (Phi) is 6.04. The van der Waals surface area contributed by atoms with Crippen LogP contribution in [0.4, 0.5) is 0 Å². The van der Waals surface area contributed by atoms with Gasteiger partial charge in [0.15, 0.2) is 0 Å². The van der Waals surface area contributed by atoms with E-state index < -0.39 is 10.2 Å². The first-order valence-corrected chi connectivity index (χ1v) is 8.00. The topological polar surface area (TPSA) is 58.6 Å². The van der Waals surface area contributed by atoms with Gasteiger partial charge in [-0.2, -0.15) is 17.4 Å². The minimum absolute atomic E-state index is 0.275. The van der Waals surface area contributed by atoms with Crippen LogP contribution in [0.5, 0.6) is 0 Å². The smallest absolute Gasteiger partial charge is 0.279 e. The summed E-state index contributed by atoms with van der Waals surface area (Å²) in [5, 5.41) is 1.92. The average molecular weight is 343 g/mol. The maximum absolute atomic E-state index is 11.8. The van der Waals surface area contributed by atoms with Crippen molar-refractivity contribution in [3.63, 3.8) is 0 Å². The third-order valence-electron chi connectivity index (χ3n) is 2.00. The van der Waals surface area contributed by atoms with Gasteiger partial charge in [0.25, 0.3) is 10.2 Å². The lowest BCUT2D eigenvalue weighted by molar-refractivity contribution is 0.204. The van der Waals surface area contributed by atoms with Crippen LogP contribution in [0.15, 0.2) is 15.9 Å². The Morgan fingerprint density at radius 3 is 2.82 bits per heavy atom. The Morgan fingerprint density at radius 2 is 2.29 bits per heavy atom. The fourth-order valence-electron chi connectivity index (χ4n) is 1.12. The van der Waals surface area contributed by atoms with Gasteiger partial charge in [0.1, 0.15) is 0 Å². The second-order valence-corrected chi connectivity index (χ2v) is 7.15. The lowest BCUT2D eigenvalue weighted by Gasteiger charge is -2.16. The molecule has 1 heterocycles. The monoisotopic (exact) mass is 342 g/mol. The minimum Gasteiger partial charge on any atom is -0.383 e. The van der Waals surface area contributed by atoms with Gasteiger partial charge in [-0.3, -0.25) is 0 Å². The molecule has 5 nitrogen and oxygen atoms in total. The molecular weight excluding hydrogens is 328 g/mol. The van der Waals surface area contributed by atoms with Crippen molar-refractivity contribution < 1.29 is 13.2 Å². The summed E-state index contributed by atoms with van der Waals surface area (Å²) < 4.78 is 33.0. The molecule has 0 radical (unpaired) electrons. The molecule has 1 aromatic rings. The largest absolute Gasteiger partial charge is 0.383 e. The molecule has 0 spiro atoms. The number of hydrogen-bond donors (Lipinski definition) is 1. The zero-order chi connectivity index (χ0) is 12.9. The molecule has 0 aromatic carbocycles. The lowest BCUT2D eigenvalue weighted by atomic mass is 10.5. The molecule has 17 heavy (non-hydrogen) atoms. The first-order valence-electron chi connectivity index (χ1n) is 4.88. The molecule has 1 aromatic heterocycles. The number of nitrogens with zero attached hydrogens (tertiary/aromatic N) is 1. The number of rotatable bonds is 7. The van der Waals surface area contributed by atoms with E-state index in [9.17, 15) is 8.42 Å². The van der Waals surface area contributed by atoms with Crippen molar-refractivity contribution in [3.8, 4) is 0 Å². The number of methoxy groups -OCH3 is 1. The summed E-state index contributed by atoms with van der Waals surface area (Å²) >= 11 is 4.85. The van der Waals surface area contributed by atoms with E-state index in [-0.39, 0.29) is 6.54 Å². The highest BCUT2D eigenvalue weighted by Gasteiger charge is 2.17. The number of halogens is 1. The quantitative estimate of drug-likeness (QED) is 0.762. The van der Waals surface area contributed by atoms with E-state index in [2.05, 4.69) is 20.7 Å². The predicted molar refractivity (Wildman–Crippen MR) is 72.3 cm³/mol. The van der Waals surface area contributed by atoms with Crippen molar-refractivity contribution in [2.45, 2.75) is 6.54 Å². The molecule has 1 rings (SSSR count). The van der Waals surface area contributed by atoms with Crippen LogP contribution < -0.4 is 4.72 Å². The van der Waals surface area contributed by atoms with E-state index in [0.29, 0.717) is 13.2 Å². The van der Waals surface area contributed by atoms with Crippen LogP contribution >= 0.6 is 27.3 Å². The number of thiophene rings is 1. The zero-order valence-electron chi connectivity index (χ0n) is 9.64. The minimum atomic E-state index is -3.43. The fourth-order valence-corrected chi connectivity index (χ4v) is 3.58. The highest BCUT2D eigenvalue weighted by molar-refractivity contribution is 9.10. The predicted octanol–water partition coefficient (Wildman–Crippen LogP) is 1.42. The third-order valence-corrected chi connectivity index (χ3v) is 5.20. The summed E-state index contributed by atoms with van der Waals surface area (Å²) in [6.45, 7) is 0.994. The highest BCUT2D eigenvalue weighted by Crippen LogP contribution is 2.21. The molecule has 0 atom stereocenters. The van der Waals surface area contributed by atoms with Crippen LogP contribution in [-0.2, 0) is 21.5 Å². The second-order valence-electron chi connectivity index (χ2n) is 3.38. The molecular formula is C9H15BrN2O3S2. The highest BCUT2D eigenvalue weighted by atomic mass is 79.9. The van der Waals surface area contributed by atoms with Crippen molar-refractivity contribution in [2.24, 2.45) is 0 Å². The van der Waals surface area contributed by atoms with E-state index in [1.807, 2.05) is 11.4 Å². The standard InChI is InChI=1S/C9H15BrN2O3S2/c1-12(6-9-5-8(10)7-16-9)17(13,14)11-3-4-15-2/h5,7,11H,3-4,6H2,1-2H3. The van der Waals surface area contributed by atoms with Gasteiger partial charge in [-0.05, 0) is 22.0 Å². The van der Waals surface area contributed by atoms with Gasteiger partial charge in [-0.1, -0.05) is 0 Å². The van der Waals surface area contributed by atoms with Crippen molar-refractivity contribution in [1.82, 2.24) is 9.03 Å². The number of hydrogen-bond acceptors (Lipinski definition) is 4. The van der Waals surface area contributed by atoms with Crippen molar-refractivity contribution in [1.29, 1.82) is 0 Å². The zero-order valence-corrected chi connectivity index (χ0v) is 12.9. The van der Waals surface area contributed by atoms with E-state index in [4.69, 9.17) is 4.74 Å². The fraction of sp³-hybridized carbons (Fsp3) is 0.556. The van der Waals surface area contributed by atoms with Crippen LogP contribution in [0.3, 0.4) is 0 Å². The van der Waals surface area contributed by atoms with E-state index in [1.54, 1.807) is 7.05 Å². The number of nitrogens with one attached hydrogen (secondary N) is 1. The summed E-state index contributed by atoms with van der Waals surface area (Å²) in [5.41, 5.74) is 0. The Bertz CT molecular complexity index is 447. The van der Waals surface area contributed by atoms with Gasteiger partial charge in [0.2, 0.25) is 0 Å². The van der Waals surface area contributed by atoms with Crippen molar-refractivity contribution in [3.05, 3.63) is 20.8 Å². The van der Waals surface area contributed by atoms with Gasteiger partial charge in [-0.25, -0.2) is 0 Å².